The highest BCUT2D eigenvalue weighted by atomic mass is 35.5. The van der Waals surface area contributed by atoms with Gasteiger partial charge in [0.05, 0.1) is 10.7 Å². The van der Waals surface area contributed by atoms with Crippen molar-refractivity contribution in [2.24, 2.45) is 0 Å². The summed E-state index contributed by atoms with van der Waals surface area (Å²) in [7, 11) is 0. The number of hydrogen-bond acceptors (Lipinski definition) is 7. The van der Waals surface area contributed by atoms with Gasteiger partial charge in [0.2, 0.25) is 5.91 Å². The molecule has 8 nitrogen and oxygen atoms in total. The van der Waals surface area contributed by atoms with Crippen LogP contribution in [-0.2, 0) is 11.3 Å². The molecule has 0 saturated carbocycles. The number of anilines is 1. The van der Waals surface area contributed by atoms with Crippen LogP contribution < -0.4 is 5.32 Å². The van der Waals surface area contributed by atoms with Crippen LogP contribution in [0.4, 0.5) is 11.4 Å². The molecule has 3 rings (SSSR count). The summed E-state index contributed by atoms with van der Waals surface area (Å²) in [6, 6.07) is 6.21. The third-order valence-electron chi connectivity index (χ3n) is 3.91. The van der Waals surface area contributed by atoms with Crippen molar-refractivity contribution in [2.75, 3.05) is 11.1 Å². The van der Waals surface area contributed by atoms with Crippen LogP contribution in [-0.4, -0.2) is 31.3 Å². The molecule has 0 unspecified atom stereocenters. The number of nitro benzene ring substituents is 1. The van der Waals surface area contributed by atoms with Crippen molar-refractivity contribution in [1.29, 1.82) is 0 Å². The second kappa shape index (κ2) is 9.38. The number of rotatable bonds is 8. The van der Waals surface area contributed by atoms with Crippen molar-refractivity contribution in [2.45, 2.75) is 32.0 Å². The standard InChI is InChI=1S/C18H18ClN5O3S2/c1-3-6-23-17(12-7-11(2)28-9-12)21-22-18(23)29-10-16(25)20-13-4-5-14(19)15(8-13)24(26)27/h4-5,7-9H,3,6,10H2,1-2H3,(H,20,25). The molecule has 0 aliphatic carbocycles. The number of thioether (sulfide) groups is 1. The monoisotopic (exact) mass is 451 g/mol. The lowest BCUT2D eigenvalue weighted by Crippen LogP contribution is -2.15. The van der Waals surface area contributed by atoms with Crippen LogP contribution in [0.1, 0.15) is 18.2 Å². The van der Waals surface area contributed by atoms with Crippen LogP contribution in [0.5, 0.6) is 0 Å². The first kappa shape index (κ1) is 21.3. The number of carbonyl (C=O) groups excluding carboxylic acids is 1. The molecule has 0 saturated heterocycles. The Hall–Kier alpha value is -2.43. The first-order valence-corrected chi connectivity index (χ1v) is 11.0. The van der Waals surface area contributed by atoms with E-state index in [2.05, 4.69) is 28.5 Å². The number of nitrogens with zero attached hydrogens (tertiary/aromatic N) is 4. The summed E-state index contributed by atoms with van der Waals surface area (Å²) in [6.07, 6.45) is 0.905. The second-order valence-electron chi connectivity index (χ2n) is 6.16. The van der Waals surface area contributed by atoms with Gasteiger partial charge in [-0.15, -0.1) is 21.5 Å². The maximum atomic E-state index is 12.3. The number of aryl methyl sites for hydroxylation is 1. The average molecular weight is 452 g/mol. The molecule has 0 radical (unpaired) electrons. The summed E-state index contributed by atoms with van der Waals surface area (Å²) in [6.45, 7) is 4.84. The van der Waals surface area contributed by atoms with Crippen LogP contribution in [0.3, 0.4) is 0 Å². The van der Waals surface area contributed by atoms with Gasteiger partial charge in [-0.1, -0.05) is 30.3 Å². The highest BCUT2D eigenvalue weighted by molar-refractivity contribution is 7.99. The zero-order valence-corrected chi connectivity index (χ0v) is 18.1. The van der Waals surface area contributed by atoms with E-state index in [4.69, 9.17) is 11.6 Å². The molecule has 0 fully saturated rings. The van der Waals surface area contributed by atoms with Crippen molar-refractivity contribution in [3.05, 3.63) is 49.7 Å². The van der Waals surface area contributed by atoms with Gasteiger partial charge in [0.15, 0.2) is 11.0 Å². The van der Waals surface area contributed by atoms with E-state index in [1.165, 1.54) is 34.8 Å². The molecule has 152 valence electrons. The van der Waals surface area contributed by atoms with Crippen molar-refractivity contribution in [3.63, 3.8) is 0 Å². The maximum absolute atomic E-state index is 12.3. The lowest BCUT2D eigenvalue weighted by Gasteiger charge is -2.08. The molecule has 2 aromatic heterocycles. The number of benzene rings is 1. The molecular formula is C18H18ClN5O3S2. The minimum Gasteiger partial charge on any atom is -0.325 e. The quantitative estimate of drug-likeness (QED) is 0.293. The van der Waals surface area contributed by atoms with Crippen LogP contribution in [0.15, 0.2) is 34.8 Å². The predicted octanol–water partition coefficient (Wildman–Crippen LogP) is 5.02. The van der Waals surface area contributed by atoms with Crippen molar-refractivity contribution in [3.8, 4) is 11.4 Å². The smallest absolute Gasteiger partial charge is 0.289 e. The molecule has 1 amide bonds. The summed E-state index contributed by atoms with van der Waals surface area (Å²) >= 11 is 8.72. The Morgan fingerprint density at radius 1 is 1.38 bits per heavy atom. The number of hydrogen-bond donors (Lipinski definition) is 1. The average Bonchev–Trinajstić information content (AvgIpc) is 3.28. The van der Waals surface area contributed by atoms with Crippen LogP contribution in [0.25, 0.3) is 11.4 Å². The lowest BCUT2D eigenvalue weighted by molar-refractivity contribution is -0.384. The fraction of sp³-hybridized carbons (Fsp3) is 0.278. The third kappa shape index (κ3) is 5.14. The molecule has 2 heterocycles. The van der Waals surface area contributed by atoms with Gasteiger partial charge in [0.25, 0.3) is 5.69 Å². The van der Waals surface area contributed by atoms with E-state index in [1.807, 2.05) is 16.9 Å². The van der Waals surface area contributed by atoms with Crippen molar-refractivity contribution >= 4 is 52.0 Å². The first-order valence-electron chi connectivity index (χ1n) is 8.74. The lowest BCUT2D eigenvalue weighted by atomic mass is 10.3. The normalized spacial score (nSPS) is 10.9. The summed E-state index contributed by atoms with van der Waals surface area (Å²) < 4.78 is 2.01. The fourth-order valence-electron chi connectivity index (χ4n) is 2.65. The van der Waals surface area contributed by atoms with E-state index >= 15 is 0 Å². The molecular weight excluding hydrogens is 434 g/mol. The van der Waals surface area contributed by atoms with E-state index in [-0.39, 0.29) is 22.4 Å². The molecule has 1 N–H and O–H groups in total. The number of amides is 1. The first-order chi connectivity index (χ1) is 13.9. The molecule has 0 aliphatic heterocycles. The molecule has 3 aromatic rings. The van der Waals surface area contributed by atoms with Gasteiger partial charge in [-0.25, -0.2) is 0 Å². The van der Waals surface area contributed by atoms with E-state index in [9.17, 15) is 14.9 Å². The summed E-state index contributed by atoms with van der Waals surface area (Å²) in [5.74, 6) is 0.582. The zero-order valence-electron chi connectivity index (χ0n) is 15.7. The maximum Gasteiger partial charge on any atom is 0.289 e. The molecule has 0 bridgehead atoms. The van der Waals surface area contributed by atoms with Gasteiger partial charge in [0.1, 0.15) is 5.02 Å². The fourth-order valence-corrected chi connectivity index (χ4v) is 4.28. The molecule has 1 aromatic carbocycles. The van der Waals surface area contributed by atoms with E-state index in [0.29, 0.717) is 10.8 Å². The SMILES string of the molecule is CCCn1c(SCC(=O)Nc2ccc(Cl)c([N+](=O)[O-])c2)nnc1-c1csc(C)c1. The van der Waals surface area contributed by atoms with Crippen LogP contribution in [0, 0.1) is 17.0 Å². The van der Waals surface area contributed by atoms with E-state index < -0.39 is 4.92 Å². The van der Waals surface area contributed by atoms with Gasteiger partial charge >= 0.3 is 0 Å². The second-order valence-corrected chi connectivity index (χ2v) is 8.63. The molecule has 0 spiro atoms. The Bertz CT molecular complexity index is 1050. The zero-order chi connectivity index (χ0) is 21.0. The van der Waals surface area contributed by atoms with E-state index in [0.717, 1.165) is 24.4 Å². The Kier molecular flexibility index (Phi) is 6.88. The Labute approximate surface area is 180 Å². The predicted molar refractivity (Wildman–Crippen MR) is 116 cm³/mol. The van der Waals surface area contributed by atoms with Gasteiger partial charge in [-0.05, 0) is 31.5 Å². The molecule has 0 atom stereocenters. The number of nitrogens with one attached hydrogen (secondary N) is 1. The van der Waals surface area contributed by atoms with Crippen LogP contribution >= 0.6 is 34.7 Å². The van der Waals surface area contributed by atoms with Gasteiger partial charge in [-0.3, -0.25) is 14.9 Å². The summed E-state index contributed by atoms with van der Waals surface area (Å²) in [5, 5.41) is 24.9. The van der Waals surface area contributed by atoms with Gasteiger partial charge < -0.3 is 9.88 Å². The van der Waals surface area contributed by atoms with Gasteiger partial charge in [0, 0.05) is 34.1 Å². The van der Waals surface area contributed by atoms with Crippen molar-refractivity contribution < 1.29 is 9.72 Å². The summed E-state index contributed by atoms with van der Waals surface area (Å²) in [4.78, 5) is 23.9. The topological polar surface area (TPSA) is 103 Å². The minimum atomic E-state index is -0.590. The van der Waals surface area contributed by atoms with Crippen molar-refractivity contribution in [1.82, 2.24) is 14.8 Å². The van der Waals surface area contributed by atoms with E-state index in [1.54, 1.807) is 11.3 Å². The Balaban J connectivity index is 1.69. The molecule has 11 heteroatoms. The largest absolute Gasteiger partial charge is 0.325 e. The number of halogens is 1. The number of aromatic nitrogens is 3. The molecule has 29 heavy (non-hydrogen) atoms. The Morgan fingerprint density at radius 3 is 2.83 bits per heavy atom. The highest BCUT2D eigenvalue weighted by Gasteiger charge is 2.17. The molecule has 0 aliphatic rings. The highest BCUT2D eigenvalue weighted by Crippen LogP contribution is 2.29. The van der Waals surface area contributed by atoms with Gasteiger partial charge in [-0.2, -0.15) is 0 Å². The number of carbonyl (C=O) groups is 1. The summed E-state index contributed by atoms with van der Waals surface area (Å²) in [5.41, 5.74) is 1.07. The third-order valence-corrected chi connectivity index (χ3v) is 6.06. The Morgan fingerprint density at radius 2 is 2.17 bits per heavy atom. The van der Waals surface area contributed by atoms with Crippen LogP contribution in [0.2, 0.25) is 5.02 Å². The minimum absolute atomic E-state index is 0.0197. The number of nitro groups is 1. The number of thiophene rings is 1.